The highest BCUT2D eigenvalue weighted by Crippen LogP contribution is 2.36. The number of pyridine rings is 1. The van der Waals surface area contributed by atoms with Crippen LogP contribution in [0.5, 0.6) is 0 Å². The lowest BCUT2D eigenvalue weighted by atomic mass is 10.1. The van der Waals surface area contributed by atoms with Crippen LogP contribution < -0.4 is 0 Å². The average molecular weight is 467 g/mol. The van der Waals surface area contributed by atoms with Crippen molar-refractivity contribution in [1.82, 2.24) is 15.0 Å². The van der Waals surface area contributed by atoms with Gasteiger partial charge in [-0.25, -0.2) is 4.98 Å². The summed E-state index contributed by atoms with van der Waals surface area (Å²) in [6.07, 6.45) is -2.69. The van der Waals surface area contributed by atoms with E-state index in [9.17, 15) is 13.2 Å². The van der Waals surface area contributed by atoms with Crippen LogP contribution in [0.1, 0.15) is 11.1 Å². The van der Waals surface area contributed by atoms with Gasteiger partial charge in [0, 0.05) is 21.8 Å². The number of halogens is 5. The summed E-state index contributed by atoms with van der Waals surface area (Å²) < 4.78 is 39.3. The van der Waals surface area contributed by atoms with E-state index in [4.69, 9.17) is 11.6 Å². The highest BCUT2D eigenvalue weighted by atomic mass is 79.9. The summed E-state index contributed by atoms with van der Waals surface area (Å²) in [7, 11) is 0. The molecule has 0 bridgehead atoms. The topological polar surface area (TPSA) is 41.6 Å². The normalized spacial score (nSPS) is 11.9. The number of alkyl halides is 3. The van der Waals surface area contributed by atoms with Crippen molar-refractivity contribution in [2.45, 2.75) is 13.1 Å². The first kappa shape index (κ1) is 19.0. The Hall–Kier alpha value is -2.38. The van der Waals surface area contributed by atoms with Gasteiger partial charge >= 0.3 is 6.18 Å². The van der Waals surface area contributed by atoms with E-state index >= 15 is 0 Å². The number of rotatable bonds is 2. The first-order valence-corrected chi connectivity index (χ1v) is 9.39. The molecule has 0 saturated carbocycles. The third-order valence-corrected chi connectivity index (χ3v) is 5.17. The van der Waals surface area contributed by atoms with E-state index in [0.717, 1.165) is 28.8 Å². The van der Waals surface area contributed by atoms with Crippen molar-refractivity contribution >= 4 is 38.6 Å². The van der Waals surface area contributed by atoms with Crippen LogP contribution in [-0.4, -0.2) is 15.0 Å². The van der Waals surface area contributed by atoms with E-state index in [1.807, 2.05) is 37.3 Å². The van der Waals surface area contributed by atoms with E-state index < -0.39 is 11.7 Å². The number of H-pyrrole nitrogens is 1. The Morgan fingerprint density at radius 3 is 2.36 bits per heavy atom. The molecule has 3 nitrogen and oxygen atoms in total. The second-order valence-electron chi connectivity index (χ2n) is 6.36. The Morgan fingerprint density at radius 1 is 1.04 bits per heavy atom. The molecule has 4 aromatic rings. The van der Waals surface area contributed by atoms with E-state index in [2.05, 4.69) is 30.9 Å². The maximum atomic E-state index is 13.0. The number of fused-ring (bicyclic) bond motifs is 1. The van der Waals surface area contributed by atoms with Gasteiger partial charge in [-0.3, -0.25) is 4.98 Å². The van der Waals surface area contributed by atoms with Gasteiger partial charge in [-0.1, -0.05) is 35.9 Å². The number of imidazole rings is 1. The number of aromatic nitrogens is 3. The molecule has 142 valence electrons. The summed E-state index contributed by atoms with van der Waals surface area (Å²) in [6, 6.07) is 11.3. The number of hydrogen-bond donors (Lipinski definition) is 1. The highest BCUT2D eigenvalue weighted by molar-refractivity contribution is 9.10. The molecule has 0 unspecified atom stereocenters. The van der Waals surface area contributed by atoms with Gasteiger partial charge < -0.3 is 4.98 Å². The lowest BCUT2D eigenvalue weighted by Gasteiger charge is -2.06. The Labute approximate surface area is 171 Å². The molecular weight excluding hydrogens is 455 g/mol. The molecule has 2 aromatic carbocycles. The third-order valence-electron chi connectivity index (χ3n) is 4.28. The molecule has 0 amide bonds. The van der Waals surface area contributed by atoms with E-state index in [-0.39, 0.29) is 4.47 Å². The largest absolute Gasteiger partial charge is 0.416 e. The van der Waals surface area contributed by atoms with E-state index in [0.29, 0.717) is 27.6 Å². The SMILES string of the molecule is Cc1cnc(-c2ccc(-c3nc4c(Br)cc(C(F)(F)F)cc4[nH]3)cc2)c(Cl)c1. The van der Waals surface area contributed by atoms with Crippen LogP contribution in [0.25, 0.3) is 33.7 Å². The van der Waals surface area contributed by atoms with Gasteiger partial charge in [0.05, 0.1) is 21.8 Å². The highest BCUT2D eigenvalue weighted by Gasteiger charge is 2.31. The molecule has 2 aromatic heterocycles. The molecular formula is C20H12BrClF3N3. The zero-order valence-corrected chi connectivity index (χ0v) is 16.7. The second-order valence-corrected chi connectivity index (χ2v) is 7.62. The first-order chi connectivity index (χ1) is 13.2. The predicted octanol–water partition coefficient (Wildman–Crippen LogP) is 7.04. The quantitative estimate of drug-likeness (QED) is 0.344. The monoisotopic (exact) mass is 465 g/mol. The molecule has 8 heteroatoms. The molecule has 0 radical (unpaired) electrons. The predicted molar refractivity (Wildman–Crippen MR) is 107 cm³/mol. The maximum Gasteiger partial charge on any atom is 0.416 e. The van der Waals surface area contributed by atoms with Gasteiger partial charge in [-0.15, -0.1) is 0 Å². The fraction of sp³-hybridized carbons (Fsp3) is 0.100. The number of aromatic amines is 1. The zero-order valence-electron chi connectivity index (χ0n) is 14.4. The zero-order chi connectivity index (χ0) is 20.1. The van der Waals surface area contributed by atoms with Gasteiger partial charge in [0.25, 0.3) is 0 Å². The summed E-state index contributed by atoms with van der Waals surface area (Å²) in [5.41, 5.74) is 3.23. The van der Waals surface area contributed by atoms with Crippen LogP contribution in [-0.2, 0) is 6.18 Å². The molecule has 2 heterocycles. The van der Waals surface area contributed by atoms with Crippen molar-refractivity contribution in [3.63, 3.8) is 0 Å². The molecule has 4 rings (SSSR count). The number of nitrogens with one attached hydrogen (secondary N) is 1. The summed E-state index contributed by atoms with van der Waals surface area (Å²) in [6.45, 7) is 1.91. The number of hydrogen-bond acceptors (Lipinski definition) is 2. The molecule has 0 fully saturated rings. The molecule has 0 saturated heterocycles. The van der Waals surface area contributed by atoms with Crippen LogP contribution in [0.4, 0.5) is 13.2 Å². The average Bonchev–Trinajstić information content (AvgIpc) is 3.06. The van der Waals surface area contributed by atoms with Gasteiger partial charge in [-0.05, 0) is 46.6 Å². The van der Waals surface area contributed by atoms with Crippen LogP contribution in [0.15, 0.2) is 53.1 Å². The Morgan fingerprint density at radius 2 is 1.71 bits per heavy atom. The molecule has 0 aliphatic carbocycles. The van der Waals surface area contributed by atoms with Crippen molar-refractivity contribution < 1.29 is 13.2 Å². The smallest absolute Gasteiger partial charge is 0.338 e. The lowest BCUT2D eigenvalue weighted by Crippen LogP contribution is -2.04. The molecule has 0 atom stereocenters. The van der Waals surface area contributed by atoms with E-state index in [1.165, 1.54) is 0 Å². The van der Waals surface area contributed by atoms with Crippen LogP contribution >= 0.6 is 27.5 Å². The minimum atomic E-state index is -4.43. The Kier molecular flexibility index (Phi) is 4.67. The molecule has 0 aliphatic heterocycles. The molecule has 0 spiro atoms. The minimum Gasteiger partial charge on any atom is -0.338 e. The molecule has 1 N–H and O–H groups in total. The van der Waals surface area contributed by atoms with Crippen molar-refractivity contribution in [3.05, 3.63) is 69.3 Å². The van der Waals surface area contributed by atoms with Crippen LogP contribution in [0.2, 0.25) is 5.02 Å². The van der Waals surface area contributed by atoms with Gasteiger partial charge in [0.1, 0.15) is 11.3 Å². The van der Waals surface area contributed by atoms with Crippen molar-refractivity contribution in [2.24, 2.45) is 0 Å². The van der Waals surface area contributed by atoms with Crippen LogP contribution in [0.3, 0.4) is 0 Å². The second kappa shape index (κ2) is 6.90. The minimum absolute atomic E-state index is 0.284. The van der Waals surface area contributed by atoms with Crippen molar-refractivity contribution in [3.8, 4) is 22.6 Å². The van der Waals surface area contributed by atoms with Gasteiger partial charge in [0.15, 0.2) is 0 Å². The summed E-state index contributed by atoms with van der Waals surface area (Å²) in [4.78, 5) is 11.7. The maximum absolute atomic E-state index is 13.0. The molecule has 0 aliphatic rings. The summed E-state index contributed by atoms with van der Waals surface area (Å²) in [5, 5.41) is 0.556. The van der Waals surface area contributed by atoms with Crippen LogP contribution in [0, 0.1) is 6.92 Å². The third kappa shape index (κ3) is 3.52. The van der Waals surface area contributed by atoms with Crippen molar-refractivity contribution in [1.29, 1.82) is 0 Å². The van der Waals surface area contributed by atoms with Gasteiger partial charge in [0.2, 0.25) is 0 Å². The van der Waals surface area contributed by atoms with E-state index in [1.54, 1.807) is 6.20 Å². The van der Waals surface area contributed by atoms with Crippen molar-refractivity contribution in [2.75, 3.05) is 0 Å². The number of benzene rings is 2. The molecule has 28 heavy (non-hydrogen) atoms. The number of aryl methyl sites for hydroxylation is 1. The lowest BCUT2D eigenvalue weighted by molar-refractivity contribution is -0.137. The summed E-state index contributed by atoms with van der Waals surface area (Å²) >= 11 is 9.44. The Bertz CT molecular complexity index is 1180. The first-order valence-electron chi connectivity index (χ1n) is 8.22. The Balaban J connectivity index is 1.73. The fourth-order valence-electron chi connectivity index (χ4n) is 2.91. The fourth-order valence-corrected chi connectivity index (χ4v) is 3.79. The number of nitrogens with zero attached hydrogens (tertiary/aromatic N) is 2. The standard InChI is InChI=1S/C20H12BrClF3N3/c1-10-6-15(22)17(26-9-10)11-2-4-12(5-3-11)19-27-16-8-13(20(23,24)25)7-14(21)18(16)28-19/h2-9H,1H3,(H,27,28). The van der Waals surface area contributed by atoms with Gasteiger partial charge in [-0.2, -0.15) is 13.2 Å². The summed E-state index contributed by atoms with van der Waals surface area (Å²) in [5.74, 6) is 0.476.